The number of hydrogen-bond acceptors (Lipinski definition) is 4. The average molecular weight is 305 g/mol. The van der Waals surface area contributed by atoms with Crippen LogP contribution in [0, 0.1) is 5.82 Å². The van der Waals surface area contributed by atoms with Gasteiger partial charge in [0, 0.05) is 10.9 Å². The monoisotopic (exact) mass is 305 g/mol. The van der Waals surface area contributed by atoms with E-state index < -0.39 is 7.12 Å². The van der Waals surface area contributed by atoms with Gasteiger partial charge in [-0.15, -0.1) is 11.3 Å². The van der Waals surface area contributed by atoms with Gasteiger partial charge in [-0.25, -0.2) is 9.37 Å². The van der Waals surface area contributed by atoms with Gasteiger partial charge in [0.25, 0.3) is 0 Å². The largest absolute Gasteiger partial charge is 0.515 e. The zero-order valence-corrected chi connectivity index (χ0v) is 13.3. The Morgan fingerprint density at radius 1 is 1.14 bits per heavy atom. The fraction of sp³-hybridized carbons (Fsp3) is 0.400. The second kappa shape index (κ2) is 4.90. The first-order chi connectivity index (χ1) is 9.78. The fourth-order valence-electron chi connectivity index (χ4n) is 2.11. The van der Waals surface area contributed by atoms with E-state index in [9.17, 15) is 4.39 Å². The molecule has 0 bridgehead atoms. The summed E-state index contributed by atoms with van der Waals surface area (Å²) >= 11 is 1.46. The molecule has 1 aromatic heterocycles. The minimum Gasteiger partial charge on any atom is -0.398 e. The smallest absolute Gasteiger partial charge is 0.398 e. The molecule has 0 N–H and O–H groups in total. The van der Waals surface area contributed by atoms with Crippen LogP contribution in [-0.2, 0) is 9.31 Å². The quantitative estimate of drug-likeness (QED) is 0.798. The summed E-state index contributed by atoms with van der Waals surface area (Å²) in [4.78, 5) is 4.54. The van der Waals surface area contributed by atoms with Crippen molar-refractivity contribution < 1.29 is 13.7 Å². The third kappa shape index (κ3) is 2.63. The van der Waals surface area contributed by atoms with Gasteiger partial charge < -0.3 is 9.31 Å². The first kappa shape index (κ1) is 14.7. The molecule has 110 valence electrons. The van der Waals surface area contributed by atoms with E-state index in [1.54, 1.807) is 6.07 Å². The highest BCUT2D eigenvalue weighted by Crippen LogP contribution is 2.36. The zero-order valence-electron chi connectivity index (χ0n) is 12.5. The summed E-state index contributed by atoms with van der Waals surface area (Å²) in [5, 5.41) is 2.67. The van der Waals surface area contributed by atoms with E-state index in [-0.39, 0.29) is 17.0 Å². The predicted octanol–water partition coefficient (Wildman–Crippen LogP) is 3.25. The maximum atomic E-state index is 13.3. The molecule has 1 saturated heterocycles. The van der Waals surface area contributed by atoms with Crippen LogP contribution in [0.5, 0.6) is 0 Å². The van der Waals surface area contributed by atoms with Crippen molar-refractivity contribution >= 4 is 24.0 Å². The van der Waals surface area contributed by atoms with Gasteiger partial charge in [0.1, 0.15) is 10.8 Å². The van der Waals surface area contributed by atoms with Crippen molar-refractivity contribution in [2.75, 3.05) is 0 Å². The highest BCUT2D eigenvalue weighted by Gasteiger charge is 2.52. The van der Waals surface area contributed by atoms with Gasteiger partial charge in [-0.1, -0.05) is 12.1 Å². The SMILES string of the molecule is CC1(C)OB(c2csc(-c3cccc(F)c3)n2)OC1(C)C. The molecule has 0 atom stereocenters. The van der Waals surface area contributed by atoms with E-state index >= 15 is 0 Å². The molecule has 21 heavy (non-hydrogen) atoms. The van der Waals surface area contributed by atoms with E-state index in [1.165, 1.54) is 23.5 Å². The van der Waals surface area contributed by atoms with Crippen LogP contribution in [0.4, 0.5) is 4.39 Å². The number of halogens is 1. The van der Waals surface area contributed by atoms with Crippen molar-refractivity contribution in [2.24, 2.45) is 0 Å². The normalized spacial score (nSPS) is 20.0. The van der Waals surface area contributed by atoms with E-state index in [1.807, 2.05) is 39.1 Å². The zero-order chi connectivity index (χ0) is 15.3. The van der Waals surface area contributed by atoms with E-state index in [0.29, 0.717) is 0 Å². The standard InChI is InChI=1S/C15H17BFNO2S/c1-14(2)15(3,4)20-16(19-14)12-9-21-13(18-12)10-6-5-7-11(17)8-10/h5-9H,1-4H3. The number of thiazole rings is 1. The van der Waals surface area contributed by atoms with E-state index in [4.69, 9.17) is 9.31 Å². The molecular weight excluding hydrogens is 288 g/mol. The first-order valence-corrected chi connectivity index (χ1v) is 7.73. The molecule has 6 heteroatoms. The number of aromatic nitrogens is 1. The van der Waals surface area contributed by atoms with E-state index in [2.05, 4.69) is 4.98 Å². The summed E-state index contributed by atoms with van der Waals surface area (Å²) in [5.41, 5.74) is 0.723. The van der Waals surface area contributed by atoms with Crippen LogP contribution in [0.1, 0.15) is 27.7 Å². The summed E-state index contributed by atoms with van der Waals surface area (Å²) in [5.74, 6) is -0.264. The predicted molar refractivity (Wildman–Crippen MR) is 83.2 cm³/mol. The highest BCUT2D eigenvalue weighted by molar-refractivity contribution is 7.14. The second-order valence-electron chi connectivity index (χ2n) is 6.18. The molecule has 1 fully saturated rings. The van der Waals surface area contributed by atoms with Crippen LogP contribution < -0.4 is 5.59 Å². The van der Waals surface area contributed by atoms with Crippen molar-refractivity contribution in [1.29, 1.82) is 0 Å². The third-order valence-electron chi connectivity index (χ3n) is 4.09. The third-order valence-corrected chi connectivity index (χ3v) is 5.00. The lowest BCUT2D eigenvalue weighted by Gasteiger charge is -2.32. The van der Waals surface area contributed by atoms with Crippen molar-refractivity contribution in [3.63, 3.8) is 0 Å². The molecule has 3 rings (SSSR count). The summed E-state index contributed by atoms with van der Waals surface area (Å²) in [6, 6.07) is 6.43. The molecule has 0 unspecified atom stereocenters. The van der Waals surface area contributed by atoms with Crippen LogP contribution in [0.3, 0.4) is 0 Å². The Labute approximate surface area is 128 Å². The van der Waals surface area contributed by atoms with Gasteiger partial charge in [0.05, 0.1) is 16.8 Å². The Balaban J connectivity index is 1.87. The lowest BCUT2D eigenvalue weighted by Crippen LogP contribution is -2.41. The Morgan fingerprint density at radius 2 is 1.81 bits per heavy atom. The molecular formula is C15H17BFNO2S. The minimum absolute atomic E-state index is 0.264. The maximum Gasteiger partial charge on any atom is 0.515 e. The fourth-order valence-corrected chi connectivity index (χ4v) is 2.93. The lowest BCUT2D eigenvalue weighted by molar-refractivity contribution is 0.00578. The summed E-state index contributed by atoms with van der Waals surface area (Å²) in [7, 11) is -0.478. The molecule has 0 spiro atoms. The molecule has 0 aliphatic carbocycles. The Kier molecular flexibility index (Phi) is 3.43. The van der Waals surface area contributed by atoms with Gasteiger partial charge in [-0.2, -0.15) is 0 Å². The second-order valence-corrected chi connectivity index (χ2v) is 7.03. The van der Waals surface area contributed by atoms with Crippen LogP contribution in [-0.4, -0.2) is 23.3 Å². The van der Waals surface area contributed by atoms with Gasteiger partial charge in [0.15, 0.2) is 0 Å². The molecule has 3 nitrogen and oxygen atoms in total. The molecule has 1 aliphatic rings. The van der Waals surface area contributed by atoms with Crippen molar-refractivity contribution in [3.05, 3.63) is 35.5 Å². The van der Waals surface area contributed by atoms with Crippen molar-refractivity contribution in [2.45, 2.75) is 38.9 Å². The van der Waals surface area contributed by atoms with Gasteiger partial charge in [0.2, 0.25) is 0 Å². The van der Waals surface area contributed by atoms with Crippen molar-refractivity contribution in [1.82, 2.24) is 4.98 Å². The van der Waals surface area contributed by atoms with Crippen LogP contribution in [0.2, 0.25) is 0 Å². The maximum absolute atomic E-state index is 13.3. The Bertz CT molecular complexity index is 655. The number of rotatable bonds is 2. The van der Waals surface area contributed by atoms with Crippen LogP contribution in [0.25, 0.3) is 10.6 Å². The number of nitrogens with zero attached hydrogens (tertiary/aromatic N) is 1. The summed E-state index contributed by atoms with van der Waals surface area (Å²) in [6.07, 6.45) is 0. The molecule has 0 saturated carbocycles. The molecule has 2 aromatic rings. The first-order valence-electron chi connectivity index (χ1n) is 6.85. The topological polar surface area (TPSA) is 31.4 Å². The molecule has 0 amide bonds. The van der Waals surface area contributed by atoms with Crippen molar-refractivity contribution in [3.8, 4) is 10.6 Å². The summed E-state index contributed by atoms with van der Waals surface area (Å²) in [6.45, 7) is 8.03. The minimum atomic E-state index is -0.478. The number of hydrogen-bond donors (Lipinski definition) is 0. The van der Waals surface area contributed by atoms with Crippen LogP contribution in [0.15, 0.2) is 29.6 Å². The molecule has 0 radical (unpaired) electrons. The van der Waals surface area contributed by atoms with Gasteiger partial charge in [-0.3, -0.25) is 0 Å². The number of benzene rings is 1. The molecule has 2 heterocycles. The average Bonchev–Trinajstić information content (AvgIpc) is 2.93. The highest BCUT2D eigenvalue weighted by atomic mass is 32.1. The van der Waals surface area contributed by atoms with E-state index in [0.717, 1.165) is 16.2 Å². The Morgan fingerprint density at radius 3 is 2.43 bits per heavy atom. The van der Waals surface area contributed by atoms with Gasteiger partial charge in [-0.05, 0) is 39.8 Å². The molecule has 1 aromatic carbocycles. The van der Waals surface area contributed by atoms with Gasteiger partial charge >= 0.3 is 7.12 Å². The Hall–Kier alpha value is -1.24. The lowest BCUT2D eigenvalue weighted by atomic mass is 9.86. The molecule has 1 aliphatic heterocycles. The summed E-state index contributed by atoms with van der Waals surface area (Å²) < 4.78 is 25.2. The van der Waals surface area contributed by atoms with Crippen LogP contribution >= 0.6 is 11.3 Å².